The molecule has 0 N–H and O–H groups in total. The molecule has 0 aliphatic carbocycles. The molecule has 0 saturated heterocycles. The Kier molecular flexibility index (Phi) is 4.75. The Labute approximate surface area is 94.5 Å². The Morgan fingerprint density at radius 3 is 2.93 bits per heavy atom. The third-order valence-corrected chi connectivity index (χ3v) is 2.94. The van der Waals surface area contributed by atoms with E-state index in [-0.39, 0.29) is 5.97 Å². The van der Waals surface area contributed by atoms with Gasteiger partial charge in [0.15, 0.2) is 0 Å². The third kappa shape index (κ3) is 4.42. The molecule has 0 bridgehead atoms. The molecule has 84 valence electrons. The van der Waals surface area contributed by atoms with Crippen molar-refractivity contribution in [3.63, 3.8) is 0 Å². The number of aryl methyl sites for hydroxylation is 1. The zero-order valence-corrected chi connectivity index (χ0v) is 10.3. The van der Waals surface area contributed by atoms with Crippen molar-refractivity contribution in [2.24, 2.45) is 5.92 Å². The molecule has 3 nitrogen and oxygen atoms in total. The van der Waals surface area contributed by atoms with E-state index in [9.17, 15) is 4.79 Å². The van der Waals surface area contributed by atoms with Crippen LogP contribution < -0.4 is 0 Å². The first-order valence-electron chi connectivity index (χ1n) is 5.12. The molecule has 4 heteroatoms. The van der Waals surface area contributed by atoms with Gasteiger partial charge < -0.3 is 4.74 Å². The van der Waals surface area contributed by atoms with Crippen molar-refractivity contribution in [1.29, 1.82) is 0 Å². The van der Waals surface area contributed by atoms with Crippen molar-refractivity contribution >= 4 is 17.3 Å². The maximum Gasteiger partial charge on any atom is 0.305 e. The smallest absolute Gasteiger partial charge is 0.305 e. The van der Waals surface area contributed by atoms with Crippen LogP contribution in [0, 0.1) is 5.92 Å². The Hall–Kier alpha value is -0.900. The first kappa shape index (κ1) is 12.2. The maximum absolute atomic E-state index is 10.9. The number of ether oxygens (including phenoxy) is 1. The van der Waals surface area contributed by atoms with E-state index >= 15 is 0 Å². The highest BCUT2D eigenvalue weighted by Crippen LogP contribution is 2.15. The summed E-state index contributed by atoms with van der Waals surface area (Å²) in [7, 11) is 1.41. The normalized spacial score (nSPS) is 10.7. The molecule has 0 amide bonds. The minimum Gasteiger partial charge on any atom is -0.469 e. The molecule has 0 spiro atoms. The van der Waals surface area contributed by atoms with Gasteiger partial charge in [-0.2, -0.15) is 0 Å². The van der Waals surface area contributed by atoms with Crippen LogP contribution in [0.1, 0.15) is 31.0 Å². The lowest BCUT2D eigenvalue weighted by atomic mass is 10.1. The zero-order valence-electron chi connectivity index (χ0n) is 9.45. The Morgan fingerprint density at radius 2 is 2.33 bits per heavy atom. The van der Waals surface area contributed by atoms with Crippen LogP contribution in [0.2, 0.25) is 0 Å². The van der Waals surface area contributed by atoms with E-state index < -0.39 is 0 Å². The van der Waals surface area contributed by atoms with Gasteiger partial charge in [0.1, 0.15) is 0 Å². The second-order valence-electron chi connectivity index (χ2n) is 3.91. The molecule has 0 radical (unpaired) electrons. The summed E-state index contributed by atoms with van der Waals surface area (Å²) < 4.78 is 4.58. The molecular formula is C11H17NO2S. The quantitative estimate of drug-likeness (QED) is 0.725. The minimum absolute atomic E-state index is 0.171. The number of carbonyl (C=O) groups excluding carboxylic acids is 1. The summed E-state index contributed by atoms with van der Waals surface area (Å²) in [5.41, 5.74) is 1.13. The van der Waals surface area contributed by atoms with E-state index in [1.165, 1.54) is 7.11 Å². The number of methoxy groups -OCH3 is 1. The summed E-state index contributed by atoms with van der Waals surface area (Å²) >= 11 is 1.63. The van der Waals surface area contributed by atoms with Crippen molar-refractivity contribution in [2.75, 3.05) is 7.11 Å². The van der Waals surface area contributed by atoms with E-state index in [1.54, 1.807) is 11.3 Å². The van der Waals surface area contributed by atoms with Crippen LogP contribution in [0.5, 0.6) is 0 Å². The molecule has 1 rings (SSSR count). The van der Waals surface area contributed by atoms with E-state index in [2.05, 4.69) is 28.9 Å². The third-order valence-electron chi connectivity index (χ3n) is 1.99. The van der Waals surface area contributed by atoms with Crippen LogP contribution in [-0.2, 0) is 22.4 Å². The number of carbonyl (C=O) groups is 1. The van der Waals surface area contributed by atoms with Crippen LogP contribution >= 0.6 is 11.3 Å². The molecule has 1 aromatic rings. The summed E-state index contributed by atoms with van der Waals surface area (Å²) in [5.74, 6) is 0.455. The number of thiazole rings is 1. The van der Waals surface area contributed by atoms with E-state index in [4.69, 9.17) is 0 Å². The van der Waals surface area contributed by atoms with Crippen molar-refractivity contribution < 1.29 is 9.53 Å². The predicted molar refractivity (Wildman–Crippen MR) is 61.0 cm³/mol. The molecule has 0 atom stereocenters. The van der Waals surface area contributed by atoms with Gasteiger partial charge in [0.05, 0.1) is 24.2 Å². The average Bonchev–Trinajstić information content (AvgIpc) is 2.61. The largest absolute Gasteiger partial charge is 0.469 e. The standard InChI is InChI=1S/C11H17NO2S/c1-8(2)6-9-7-15-10(12-9)4-5-11(13)14-3/h7-8H,4-6H2,1-3H3. The summed E-state index contributed by atoms with van der Waals surface area (Å²) in [6.07, 6.45) is 2.12. The zero-order chi connectivity index (χ0) is 11.3. The van der Waals surface area contributed by atoms with E-state index in [1.807, 2.05) is 0 Å². The Bertz CT molecular complexity index is 320. The molecule has 0 saturated carbocycles. The summed E-state index contributed by atoms with van der Waals surface area (Å²) in [5, 5.41) is 3.10. The number of hydrogen-bond donors (Lipinski definition) is 0. The lowest BCUT2D eigenvalue weighted by Crippen LogP contribution is -2.02. The molecule has 1 aromatic heterocycles. The number of hydrogen-bond acceptors (Lipinski definition) is 4. The van der Waals surface area contributed by atoms with Gasteiger partial charge in [-0.25, -0.2) is 4.98 Å². The summed E-state index contributed by atoms with van der Waals surface area (Å²) in [6.45, 7) is 4.35. The predicted octanol–water partition coefficient (Wildman–Crippen LogP) is 2.45. The van der Waals surface area contributed by atoms with E-state index in [0.717, 1.165) is 17.1 Å². The second-order valence-corrected chi connectivity index (χ2v) is 4.85. The van der Waals surface area contributed by atoms with Gasteiger partial charge in [-0.3, -0.25) is 4.79 Å². The van der Waals surface area contributed by atoms with Gasteiger partial charge in [0.2, 0.25) is 0 Å². The van der Waals surface area contributed by atoms with Gasteiger partial charge in [-0.1, -0.05) is 13.8 Å². The first-order valence-corrected chi connectivity index (χ1v) is 6.00. The lowest BCUT2D eigenvalue weighted by Gasteiger charge is -1.99. The van der Waals surface area contributed by atoms with Gasteiger partial charge in [-0.05, 0) is 12.3 Å². The molecule has 0 unspecified atom stereocenters. The van der Waals surface area contributed by atoms with Crippen LogP contribution in [0.4, 0.5) is 0 Å². The fourth-order valence-corrected chi connectivity index (χ4v) is 2.10. The average molecular weight is 227 g/mol. The van der Waals surface area contributed by atoms with Crippen molar-refractivity contribution in [3.05, 3.63) is 16.1 Å². The van der Waals surface area contributed by atoms with Crippen molar-refractivity contribution in [1.82, 2.24) is 4.98 Å². The molecule has 0 aliphatic rings. The van der Waals surface area contributed by atoms with Crippen LogP contribution in [0.3, 0.4) is 0 Å². The van der Waals surface area contributed by atoms with E-state index in [0.29, 0.717) is 18.8 Å². The Morgan fingerprint density at radius 1 is 1.60 bits per heavy atom. The first-order chi connectivity index (χ1) is 7.11. The van der Waals surface area contributed by atoms with Crippen LogP contribution in [0.25, 0.3) is 0 Å². The molecule has 0 fully saturated rings. The monoisotopic (exact) mass is 227 g/mol. The molecule has 0 aromatic carbocycles. The van der Waals surface area contributed by atoms with Crippen molar-refractivity contribution in [3.8, 4) is 0 Å². The maximum atomic E-state index is 10.9. The van der Waals surface area contributed by atoms with Crippen molar-refractivity contribution in [2.45, 2.75) is 33.1 Å². The highest BCUT2D eigenvalue weighted by molar-refractivity contribution is 7.09. The van der Waals surface area contributed by atoms with Gasteiger partial charge >= 0.3 is 5.97 Å². The fourth-order valence-electron chi connectivity index (χ4n) is 1.29. The summed E-state index contributed by atoms with van der Waals surface area (Å²) in [6, 6.07) is 0. The van der Waals surface area contributed by atoms with Gasteiger partial charge in [-0.15, -0.1) is 11.3 Å². The highest BCUT2D eigenvalue weighted by atomic mass is 32.1. The van der Waals surface area contributed by atoms with Gasteiger partial charge in [0.25, 0.3) is 0 Å². The molecule has 15 heavy (non-hydrogen) atoms. The number of rotatable bonds is 5. The SMILES string of the molecule is COC(=O)CCc1nc(CC(C)C)cs1. The number of esters is 1. The van der Waals surface area contributed by atoms with Gasteiger partial charge in [0, 0.05) is 11.8 Å². The number of nitrogens with zero attached hydrogens (tertiary/aromatic N) is 1. The highest BCUT2D eigenvalue weighted by Gasteiger charge is 2.06. The van der Waals surface area contributed by atoms with Crippen LogP contribution in [-0.4, -0.2) is 18.1 Å². The van der Waals surface area contributed by atoms with Crippen LogP contribution in [0.15, 0.2) is 5.38 Å². The topological polar surface area (TPSA) is 39.2 Å². The lowest BCUT2D eigenvalue weighted by molar-refractivity contribution is -0.140. The minimum atomic E-state index is -0.171. The molecule has 1 heterocycles. The second kappa shape index (κ2) is 5.85. The molecule has 0 aliphatic heterocycles. The molecular weight excluding hydrogens is 210 g/mol. The number of aromatic nitrogens is 1. The summed E-state index contributed by atoms with van der Waals surface area (Å²) in [4.78, 5) is 15.4. The fraction of sp³-hybridized carbons (Fsp3) is 0.636. The Balaban J connectivity index is 2.42.